The molecule has 0 bridgehead atoms. The van der Waals surface area contributed by atoms with Crippen LogP contribution in [-0.2, 0) is 4.79 Å². The van der Waals surface area contributed by atoms with E-state index in [0.717, 1.165) is 18.3 Å². The molecule has 1 saturated heterocycles. The van der Waals surface area contributed by atoms with E-state index in [1.165, 1.54) is 6.08 Å². The lowest BCUT2D eigenvalue weighted by molar-refractivity contribution is -0.115. The molecule has 9 heteroatoms. The molecule has 2 amide bonds. The molecule has 21 heavy (non-hydrogen) atoms. The lowest BCUT2D eigenvalue weighted by Crippen LogP contribution is -2.19. The zero-order valence-electron chi connectivity index (χ0n) is 11.4. The van der Waals surface area contributed by atoms with Gasteiger partial charge in [-0.15, -0.1) is 0 Å². The average Bonchev–Trinajstić information content (AvgIpc) is 2.66. The lowest BCUT2D eigenvalue weighted by atomic mass is 10.3. The van der Waals surface area contributed by atoms with E-state index in [4.69, 9.17) is 16.3 Å². The Balaban J connectivity index is 2.13. The minimum absolute atomic E-state index is 0.0129. The second kappa shape index (κ2) is 6.88. The predicted molar refractivity (Wildman–Crippen MR) is 80.2 cm³/mol. The Labute approximate surface area is 130 Å². The number of likely N-dealkylation sites (N-methyl/N-ethyl adjacent to an activating group) is 1. The molecule has 1 aliphatic rings. The van der Waals surface area contributed by atoms with E-state index in [2.05, 4.69) is 15.3 Å². The summed E-state index contributed by atoms with van der Waals surface area (Å²) in [5, 5.41) is 1.77. The van der Waals surface area contributed by atoms with E-state index < -0.39 is 11.1 Å². The van der Waals surface area contributed by atoms with Crippen LogP contribution < -0.4 is 10.1 Å². The van der Waals surface area contributed by atoms with Crippen molar-refractivity contribution in [2.24, 2.45) is 0 Å². The zero-order chi connectivity index (χ0) is 15.4. The molecule has 0 unspecified atom stereocenters. The summed E-state index contributed by atoms with van der Waals surface area (Å²) in [5.74, 6) is -0.131. The third kappa shape index (κ3) is 4.69. The SMILES string of the molecule is CN(C)CCOc1cc(/C=C2\SC(=O)NC2=O)nc(Cl)n1. The summed E-state index contributed by atoms with van der Waals surface area (Å²) in [4.78, 5) is 32.7. The van der Waals surface area contributed by atoms with Crippen molar-refractivity contribution in [3.05, 3.63) is 21.9 Å². The second-order valence-corrected chi connectivity index (χ2v) is 5.76. The third-order valence-corrected chi connectivity index (χ3v) is 3.38. The first kappa shape index (κ1) is 15.7. The standard InChI is InChI=1S/C12H13ClN4O3S/c1-17(2)3-4-20-9-6-7(14-11(13)15-9)5-8-10(18)16-12(19)21-8/h5-6H,3-4H2,1-2H3,(H,16,18,19)/b8-5-. The van der Waals surface area contributed by atoms with Crippen molar-refractivity contribution in [1.29, 1.82) is 0 Å². The first-order valence-electron chi connectivity index (χ1n) is 6.01. The van der Waals surface area contributed by atoms with Gasteiger partial charge in [0, 0.05) is 12.6 Å². The van der Waals surface area contributed by atoms with Crippen LogP contribution in [0.1, 0.15) is 5.69 Å². The number of rotatable bonds is 5. The fraction of sp³-hybridized carbons (Fsp3) is 0.333. The fourth-order valence-electron chi connectivity index (χ4n) is 1.45. The average molecular weight is 329 g/mol. The van der Waals surface area contributed by atoms with Crippen LogP contribution in [0.2, 0.25) is 5.28 Å². The fourth-order valence-corrected chi connectivity index (χ4v) is 2.30. The van der Waals surface area contributed by atoms with Gasteiger partial charge < -0.3 is 9.64 Å². The van der Waals surface area contributed by atoms with Gasteiger partial charge in [0.1, 0.15) is 6.61 Å². The Bertz CT molecular complexity index is 606. The van der Waals surface area contributed by atoms with Gasteiger partial charge in [-0.1, -0.05) is 0 Å². The first-order valence-corrected chi connectivity index (χ1v) is 7.20. The summed E-state index contributed by atoms with van der Waals surface area (Å²) in [6, 6.07) is 1.56. The molecule has 0 aliphatic carbocycles. The van der Waals surface area contributed by atoms with Crippen LogP contribution in [0.25, 0.3) is 6.08 Å². The third-order valence-electron chi connectivity index (χ3n) is 2.40. The van der Waals surface area contributed by atoms with E-state index in [-0.39, 0.29) is 10.2 Å². The Morgan fingerprint density at radius 2 is 2.19 bits per heavy atom. The smallest absolute Gasteiger partial charge is 0.290 e. The number of imide groups is 1. The number of halogens is 1. The molecule has 1 aromatic rings. The minimum atomic E-state index is -0.449. The molecule has 7 nitrogen and oxygen atoms in total. The van der Waals surface area contributed by atoms with Gasteiger partial charge in [-0.2, -0.15) is 4.98 Å². The number of hydrogen-bond donors (Lipinski definition) is 1. The number of carbonyl (C=O) groups is 2. The Morgan fingerprint density at radius 3 is 2.81 bits per heavy atom. The maximum absolute atomic E-state index is 11.5. The number of hydrogen-bond acceptors (Lipinski definition) is 7. The number of ether oxygens (including phenoxy) is 1. The lowest BCUT2D eigenvalue weighted by Gasteiger charge is -2.10. The Kier molecular flexibility index (Phi) is 5.16. The molecule has 2 heterocycles. The van der Waals surface area contributed by atoms with Crippen molar-refractivity contribution in [1.82, 2.24) is 20.2 Å². The van der Waals surface area contributed by atoms with Crippen LogP contribution in [0.5, 0.6) is 5.88 Å². The van der Waals surface area contributed by atoms with Gasteiger partial charge in [0.25, 0.3) is 11.1 Å². The van der Waals surface area contributed by atoms with Crippen molar-refractivity contribution in [2.45, 2.75) is 0 Å². The minimum Gasteiger partial charge on any atom is -0.476 e. The van der Waals surface area contributed by atoms with Crippen LogP contribution >= 0.6 is 23.4 Å². The van der Waals surface area contributed by atoms with Crippen molar-refractivity contribution in [3.8, 4) is 5.88 Å². The van der Waals surface area contributed by atoms with E-state index in [1.807, 2.05) is 19.0 Å². The molecule has 1 N–H and O–H groups in total. The quantitative estimate of drug-likeness (QED) is 0.646. The highest BCUT2D eigenvalue weighted by Crippen LogP contribution is 2.26. The highest BCUT2D eigenvalue weighted by atomic mass is 35.5. The molecule has 1 aromatic heterocycles. The number of amides is 2. The summed E-state index contributed by atoms with van der Waals surface area (Å²) in [7, 11) is 3.86. The van der Waals surface area contributed by atoms with Gasteiger partial charge in [-0.3, -0.25) is 14.9 Å². The number of carbonyl (C=O) groups excluding carboxylic acids is 2. The molecule has 0 radical (unpaired) electrons. The van der Waals surface area contributed by atoms with Gasteiger partial charge in [-0.05, 0) is 43.5 Å². The topological polar surface area (TPSA) is 84.4 Å². The predicted octanol–water partition coefficient (Wildman–Crippen LogP) is 1.39. The summed E-state index contributed by atoms with van der Waals surface area (Å²) < 4.78 is 5.47. The molecular weight excluding hydrogens is 316 g/mol. The van der Waals surface area contributed by atoms with Crippen molar-refractivity contribution in [3.63, 3.8) is 0 Å². The van der Waals surface area contributed by atoms with Crippen LogP contribution in [0.4, 0.5) is 4.79 Å². The van der Waals surface area contributed by atoms with Crippen molar-refractivity contribution in [2.75, 3.05) is 27.2 Å². The maximum Gasteiger partial charge on any atom is 0.290 e. The number of nitrogens with one attached hydrogen (secondary N) is 1. The van der Waals surface area contributed by atoms with Gasteiger partial charge in [0.2, 0.25) is 11.2 Å². The molecule has 2 rings (SSSR count). The number of nitrogens with zero attached hydrogens (tertiary/aromatic N) is 3. The van der Waals surface area contributed by atoms with Crippen LogP contribution in [0, 0.1) is 0 Å². The van der Waals surface area contributed by atoms with Crippen LogP contribution in [0.15, 0.2) is 11.0 Å². The van der Waals surface area contributed by atoms with Crippen molar-refractivity contribution >= 4 is 40.6 Å². The molecule has 0 spiro atoms. The van der Waals surface area contributed by atoms with Gasteiger partial charge >= 0.3 is 0 Å². The van der Waals surface area contributed by atoms with Crippen molar-refractivity contribution < 1.29 is 14.3 Å². The maximum atomic E-state index is 11.5. The highest BCUT2D eigenvalue weighted by molar-refractivity contribution is 8.18. The summed E-state index contributed by atoms with van der Waals surface area (Å²) >= 11 is 6.64. The van der Waals surface area contributed by atoms with Gasteiger partial charge in [0.15, 0.2) is 0 Å². The molecule has 0 aromatic carbocycles. The van der Waals surface area contributed by atoms with E-state index in [9.17, 15) is 9.59 Å². The monoisotopic (exact) mass is 328 g/mol. The number of thioether (sulfide) groups is 1. The van der Waals surface area contributed by atoms with Crippen LogP contribution in [0.3, 0.4) is 0 Å². The highest BCUT2D eigenvalue weighted by Gasteiger charge is 2.25. The Morgan fingerprint density at radius 1 is 1.43 bits per heavy atom. The molecule has 0 atom stereocenters. The van der Waals surface area contributed by atoms with E-state index >= 15 is 0 Å². The van der Waals surface area contributed by atoms with E-state index in [0.29, 0.717) is 18.2 Å². The second-order valence-electron chi connectivity index (χ2n) is 4.40. The first-order chi connectivity index (χ1) is 9.94. The zero-order valence-corrected chi connectivity index (χ0v) is 13.0. The van der Waals surface area contributed by atoms with Gasteiger partial charge in [0.05, 0.1) is 10.6 Å². The Hall–Kier alpha value is -1.64. The largest absolute Gasteiger partial charge is 0.476 e. The summed E-state index contributed by atoms with van der Waals surface area (Å²) in [6.07, 6.45) is 1.47. The molecule has 0 saturated carbocycles. The van der Waals surface area contributed by atoms with Gasteiger partial charge in [-0.25, -0.2) is 4.98 Å². The molecule has 1 aliphatic heterocycles. The molecular formula is C12H13ClN4O3S. The summed E-state index contributed by atoms with van der Waals surface area (Å²) in [5.41, 5.74) is 0.405. The normalized spacial score (nSPS) is 16.7. The summed E-state index contributed by atoms with van der Waals surface area (Å²) in [6.45, 7) is 1.18. The molecule has 112 valence electrons. The molecule has 1 fully saturated rings. The van der Waals surface area contributed by atoms with E-state index in [1.54, 1.807) is 6.07 Å². The van der Waals surface area contributed by atoms with Crippen LogP contribution in [-0.4, -0.2) is 53.3 Å². The number of aromatic nitrogens is 2.